The first-order chi connectivity index (χ1) is 6.24. The number of aromatic hydroxyl groups is 1. The van der Waals surface area contributed by atoms with Crippen LogP contribution in [0.2, 0.25) is 0 Å². The molecule has 1 aromatic carbocycles. The summed E-state index contributed by atoms with van der Waals surface area (Å²) in [5.41, 5.74) is 0.141. The molecule has 0 aliphatic heterocycles. The van der Waals surface area contributed by atoms with E-state index >= 15 is 0 Å². The summed E-state index contributed by atoms with van der Waals surface area (Å²) in [5.74, 6) is -0.0292. The van der Waals surface area contributed by atoms with Gasteiger partial charge in [-0.15, -0.1) is 0 Å². The highest BCUT2D eigenvalue weighted by atomic mass is 16.5. The number of aryl methyl sites for hydroxylation is 1. The van der Waals surface area contributed by atoms with Crippen LogP contribution in [0.15, 0.2) is 27.5 Å². The second-order valence-electron chi connectivity index (χ2n) is 2.74. The summed E-state index contributed by atoms with van der Waals surface area (Å²) in [6, 6.07) is 4.89. The fourth-order valence-corrected chi connectivity index (χ4v) is 1.38. The van der Waals surface area contributed by atoms with Gasteiger partial charge in [-0.2, -0.15) is 0 Å². The van der Waals surface area contributed by atoms with Crippen molar-refractivity contribution in [3.8, 4) is 5.75 Å². The molecule has 0 unspecified atom stereocenters. The number of nitrogens with zero attached hydrogens (tertiary/aromatic N) is 1. The first-order valence-corrected chi connectivity index (χ1v) is 4.06. The van der Waals surface area contributed by atoms with Crippen LogP contribution in [0.25, 0.3) is 10.9 Å². The average Bonchev–Trinajstić information content (AvgIpc) is 2.44. The molecule has 0 saturated carbocycles. The van der Waals surface area contributed by atoms with Crippen LogP contribution in [0.1, 0.15) is 6.92 Å². The molecule has 1 heterocycles. The molecule has 13 heavy (non-hydrogen) atoms. The Morgan fingerprint density at radius 2 is 2.31 bits per heavy atom. The molecule has 0 fully saturated rings. The molecule has 0 saturated heterocycles. The van der Waals surface area contributed by atoms with E-state index in [1.807, 2.05) is 6.92 Å². The third kappa shape index (κ3) is 1.02. The van der Waals surface area contributed by atoms with Crippen LogP contribution in [0.5, 0.6) is 5.75 Å². The fourth-order valence-electron chi connectivity index (χ4n) is 1.38. The minimum absolute atomic E-state index is 0.0292. The van der Waals surface area contributed by atoms with Crippen molar-refractivity contribution in [3.63, 3.8) is 0 Å². The first kappa shape index (κ1) is 7.91. The van der Waals surface area contributed by atoms with Crippen molar-refractivity contribution in [3.05, 3.63) is 28.6 Å². The third-order valence-electron chi connectivity index (χ3n) is 1.97. The van der Waals surface area contributed by atoms with E-state index in [0.717, 1.165) is 0 Å². The molecule has 0 radical (unpaired) electrons. The van der Waals surface area contributed by atoms with E-state index < -0.39 is 5.63 Å². The van der Waals surface area contributed by atoms with E-state index in [-0.39, 0.29) is 11.1 Å². The standard InChI is InChI=1S/C9H9NO3/c1-2-10-6-4-3-5-7(11)8(6)9(12)13-10/h3-5,11H,2H2,1H3. The summed E-state index contributed by atoms with van der Waals surface area (Å²) in [6.45, 7) is 2.44. The lowest BCUT2D eigenvalue weighted by molar-refractivity contribution is 0.270. The van der Waals surface area contributed by atoms with Gasteiger partial charge in [-0.3, -0.25) is 0 Å². The number of fused-ring (bicyclic) bond motifs is 1. The van der Waals surface area contributed by atoms with Crippen molar-refractivity contribution in [2.75, 3.05) is 0 Å². The van der Waals surface area contributed by atoms with E-state index in [9.17, 15) is 9.90 Å². The quantitative estimate of drug-likeness (QED) is 0.718. The van der Waals surface area contributed by atoms with Crippen LogP contribution in [-0.4, -0.2) is 9.85 Å². The zero-order chi connectivity index (χ0) is 9.42. The second kappa shape index (κ2) is 2.65. The van der Waals surface area contributed by atoms with E-state index in [0.29, 0.717) is 12.1 Å². The number of hydrogen-bond donors (Lipinski definition) is 1. The monoisotopic (exact) mass is 179 g/mol. The average molecular weight is 179 g/mol. The maximum atomic E-state index is 11.2. The largest absolute Gasteiger partial charge is 0.507 e. The van der Waals surface area contributed by atoms with Crippen LogP contribution in [-0.2, 0) is 6.54 Å². The van der Waals surface area contributed by atoms with Crippen molar-refractivity contribution < 1.29 is 9.63 Å². The van der Waals surface area contributed by atoms with Crippen molar-refractivity contribution in [2.45, 2.75) is 13.5 Å². The Labute approximate surface area is 74.0 Å². The number of phenols is 1. The van der Waals surface area contributed by atoms with Gasteiger partial charge in [0, 0.05) is 0 Å². The van der Waals surface area contributed by atoms with Crippen molar-refractivity contribution >= 4 is 10.9 Å². The molecule has 1 aromatic heterocycles. The molecule has 0 aliphatic rings. The van der Waals surface area contributed by atoms with Crippen LogP contribution in [0.4, 0.5) is 0 Å². The van der Waals surface area contributed by atoms with Gasteiger partial charge in [0.15, 0.2) is 0 Å². The zero-order valence-electron chi connectivity index (χ0n) is 7.15. The minimum atomic E-state index is -0.491. The topological polar surface area (TPSA) is 55.4 Å². The molecular formula is C9H9NO3. The third-order valence-corrected chi connectivity index (χ3v) is 1.97. The van der Waals surface area contributed by atoms with Crippen molar-refractivity contribution in [1.82, 2.24) is 4.74 Å². The Morgan fingerprint density at radius 3 is 3.00 bits per heavy atom. The number of aromatic nitrogens is 1. The summed E-state index contributed by atoms with van der Waals surface area (Å²) in [7, 11) is 0. The number of phenolic OH excluding ortho intramolecular Hbond substituents is 1. The van der Waals surface area contributed by atoms with E-state index in [1.54, 1.807) is 12.1 Å². The lowest BCUT2D eigenvalue weighted by Crippen LogP contribution is -1.93. The highest BCUT2D eigenvalue weighted by Crippen LogP contribution is 2.20. The Morgan fingerprint density at radius 1 is 1.54 bits per heavy atom. The lowest BCUT2D eigenvalue weighted by atomic mass is 10.2. The maximum absolute atomic E-state index is 11.2. The summed E-state index contributed by atoms with van der Waals surface area (Å²) in [4.78, 5) is 11.2. The van der Waals surface area contributed by atoms with Gasteiger partial charge in [-0.25, -0.2) is 9.53 Å². The first-order valence-electron chi connectivity index (χ1n) is 4.06. The molecule has 2 rings (SSSR count). The van der Waals surface area contributed by atoms with Gasteiger partial charge in [0.25, 0.3) is 0 Å². The van der Waals surface area contributed by atoms with Gasteiger partial charge in [0.05, 0.1) is 12.1 Å². The Balaban J connectivity index is 2.96. The molecule has 0 bridgehead atoms. The normalized spacial score (nSPS) is 10.8. The summed E-state index contributed by atoms with van der Waals surface area (Å²) in [5, 5.41) is 9.64. The molecule has 68 valence electrons. The van der Waals surface area contributed by atoms with Crippen LogP contribution in [0, 0.1) is 0 Å². The smallest absolute Gasteiger partial charge is 0.369 e. The van der Waals surface area contributed by atoms with Crippen molar-refractivity contribution in [2.24, 2.45) is 0 Å². The molecule has 4 heteroatoms. The van der Waals surface area contributed by atoms with Crippen LogP contribution >= 0.6 is 0 Å². The summed E-state index contributed by atoms with van der Waals surface area (Å²) >= 11 is 0. The number of rotatable bonds is 1. The molecule has 0 spiro atoms. The van der Waals surface area contributed by atoms with Crippen LogP contribution in [0.3, 0.4) is 0 Å². The zero-order valence-corrected chi connectivity index (χ0v) is 7.15. The number of hydrogen-bond acceptors (Lipinski definition) is 3. The molecule has 0 atom stereocenters. The summed E-state index contributed by atoms with van der Waals surface area (Å²) < 4.78 is 6.35. The Kier molecular flexibility index (Phi) is 1.62. The summed E-state index contributed by atoms with van der Waals surface area (Å²) in [6.07, 6.45) is 0. The van der Waals surface area contributed by atoms with E-state index in [1.165, 1.54) is 10.8 Å². The minimum Gasteiger partial charge on any atom is -0.507 e. The lowest BCUT2D eigenvalue weighted by Gasteiger charge is -1.95. The highest BCUT2D eigenvalue weighted by Gasteiger charge is 2.10. The molecule has 2 aromatic rings. The van der Waals surface area contributed by atoms with E-state index in [2.05, 4.69) is 0 Å². The van der Waals surface area contributed by atoms with E-state index in [4.69, 9.17) is 4.52 Å². The molecular weight excluding hydrogens is 170 g/mol. The van der Waals surface area contributed by atoms with Gasteiger partial charge in [0.2, 0.25) is 0 Å². The van der Waals surface area contributed by atoms with Gasteiger partial charge < -0.3 is 9.63 Å². The predicted molar refractivity (Wildman–Crippen MR) is 47.8 cm³/mol. The molecule has 0 aliphatic carbocycles. The predicted octanol–water partition coefficient (Wildman–Crippen LogP) is 1.32. The highest BCUT2D eigenvalue weighted by molar-refractivity contribution is 5.83. The van der Waals surface area contributed by atoms with Gasteiger partial charge in [-0.1, -0.05) is 6.07 Å². The SMILES string of the molecule is CCn1oc(=O)c2c(O)cccc21. The maximum Gasteiger partial charge on any atom is 0.369 e. The Bertz CT molecular complexity index is 495. The molecule has 0 amide bonds. The van der Waals surface area contributed by atoms with Gasteiger partial charge in [0.1, 0.15) is 11.1 Å². The molecule has 4 nitrogen and oxygen atoms in total. The van der Waals surface area contributed by atoms with Gasteiger partial charge in [-0.05, 0) is 19.1 Å². The van der Waals surface area contributed by atoms with Crippen molar-refractivity contribution in [1.29, 1.82) is 0 Å². The molecule has 1 N–H and O–H groups in total. The second-order valence-corrected chi connectivity index (χ2v) is 2.74. The van der Waals surface area contributed by atoms with Gasteiger partial charge >= 0.3 is 5.63 Å². The Hall–Kier alpha value is -1.71. The number of benzene rings is 1. The fraction of sp³-hybridized carbons (Fsp3) is 0.222. The van der Waals surface area contributed by atoms with Crippen LogP contribution < -0.4 is 5.63 Å².